The molecule has 0 spiro atoms. The van der Waals surface area contributed by atoms with Gasteiger partial charge in [-0.2, -0.15) is 0 Å². The first-order valence-corrected chi connectivity index (χ1v) is 41.1. The highest BCUT2D eigenvalue weighted by atomic mass is 15.0. The number of benzene rings is 20. The Morgan fingerprint density at radius 1 is 0.144 bits per heavy atom. The van der Waals surface area contributed by atoms with Crippen molar-refractivity contribution in [3.63, 3.8) is 0 Å². The Morgan fingerprint density at radius 2 is 0.483 bits per heavy atom. The summed E-state index contributed by atoms with van der Waals surface area (Å²) in [7, 11) is 0. The Morgan fingerprint density at radius 3 is 1.01 bits per heavy atom. The SMILES string of the molecule is c1ccc(-n2c3ccccc3c3cc4c5cc(-c6ccc7c(c6)-c6ccccc6C7c6ccc7ccccc7c6)ccc5n(-c5ccc6ccccc6c5)c4cc32)cc1.c1ccc(C2c3ccccc3-c3cc4c(cc32)c2cc(-c3ccc5c(c3)c3ccccc3n5-c3ccc5ccccc5c3)ccc2n4-c2ccc3ccccc3c2)cc1. The van der Waals surface area contributed by atoms with Crippen LogP contribution in [-0.2, 0) is 0 Å². The lowest BCUT2D eigenvalue weighted by molar-refractivity contribution is 1.02. The van der Waals surface area contributed by atoms with Gasteiger partial charge in [-0.3, -0.25) is 0 Å². The summed E-state index contributed by atoms with van der Waals surface area (Å²) in [4.78, 5) is 0. The molecule has 0 radical (unpaired) electrons. The molecular weight excluding hydrogens is 1430 g/mol. The summed E-state index contributed by atoms with van der Waals surface area (Å²) in [5.41, 5.74) is 32.7. The smallest absolute Gasteiger partial charge is 0.0562 e. The Bertz CT molecular complexity index is 8330. The Kier molecular flexibility index (Phi) is 14.6. The second-order valence-corrected chi connectivity index (χ2v) is 32.2. The zero-order valence-electron chi connectivity index (χ0n) is 64.4. The molecule has 26 rings (SSSR count). The van der Waals surface area contributed by atoms with E-state index in [4.69, 9.17) is 0 Å². The molecule has 4 aromatic heterocycles. The maximum absolute atomic E-state index is 2.51. The van der Waals surface area contributed by atoms with Gasteiger partial charge in [0.05, 0.1) is 44.1 Å². The number of hydrogen-bond donors (Lipinski definition) is 0. The van der Waals surface area contributed by atoms with E-state index in [0.29, 0.717) is 0 Å². The van der Waals surface area contributed by atoms with E-state index in [1.165, 1.54) is 220 Å². The van der Waals surface area contributed by atoms with Crippen molar-refractivity contribution < 1.29 is 0 Å². The van der Waals surface area contributed by atoms with Crippen LogP contribution >= 0.6 is 0 Å². The molecule has 24 aromatic rings. The largest absolute Gasteiger partial charge is 0.309 e. The fourth-order valence-electron chi connectivity index (χ4n) is 20.5. The summed E-state index contributed by atoms with van der Waals surface area (Å²) in [6, 6.07) is 158. The van der Waals surface area contributed by atoms with Crippen LogP contribution in [-0.4, -0.2) is 18.3 Å². The first kappa shape index (κ1) is 66.1. The molecule has 548 valence electrons. The van der Waals surface area contributed by atoms with Crippen molar-refractivity contribution in [3.8, 4) is 67.3 Å². The standard InChI is InChI=1S/2C57H36N2/c1-2-16-43(17-3-1)58-53-21-11-10-19-46(53)51-34-52-50-33-41(26-29-54(50)59(56(52)35-55(51)58)44-27-24-37-13-5-7-15-39(37)31-44)40-25-28-48-49(32-40)45-18-8-9-20-47(45)57(48)42-23-22-36-12-4-6-14-38(36)30-42;1-2-14-38(15-3-1)57-47-20-9-8-18-45(47)48-35-56-51(34-52(48)57)50-33-42(25-29-55(50)59(56)44-27-23-37-13-5-7-17-40(37)31-44)41-24-28-54-49(32-41)46-19-10-11-21-53(46)58(54)43-26-22-36-12-4-6-16-39(36)30-43/h2*1-35,57H. The zero-order chi connectivity index (χ0) is 77.2. The molecule has 2 aliphatic carbocycles. The molecule has 2 atom stereocenters. The van der Waals surface area contributed by atoms with E-state index >= 15 is 0 Å². The summed E-state index contributed by atoms with van der Waals surface area (Å²) in [5.74, 6) is 0.374. The van der Waals surface area contributed by atoms with Gasteiger partial charge in [0.1, 0.15) is 0 Å². The average molecular weight is 1500 g/mol. The highest BCUT2D eigenvalue weighted by molar-refractivity contribution is 6.21. The van der Waals surface area contributed by atoms with Crippen LogP contribution in [0.25, 0.3) is 198 Å². The lowest BCUT2D eigenvalue weighted by Gasteiger charge is -2.16. The summed E-state index contributed by atoms with van der Waals surface area (Å²) in [6.07, 6.45) is 0. The van der Waals surface area contributed by atoms with Gasteiger partial charge in [-0.25, -0.2) is 0 Å². The summed E-state index contributed by atoms with van der Waals surface area (Å²) in [6.45, 7) is 0. The fourth-order valence-corrected chi connectivity index (χ4v) is 20.5. The van der Waals surface area contributed by atoms with Crippen LogP contribution < -0.4 is 0 Å². The van der Waals surface area contributed by atoms with Gasteiger partial charge in [0.15, 0.2) is 0 Å². The van der Waals surface area contributed by atoms with Crippen molar-refractivity contribution in [1.29, 1.82) is 0 Å². The molecule has 0 saturated carbocycles. The van der Waals surface area contributed by atoms with Gasteiger partial charge >= 0.3 is 0 Å². The van der Waals surface area contributed by atoms with Crippen molar-refractivity contribution >= 4 is 130 Å². The molecule has 2 unspecified atom stereocenters. The van der Waals surface area contributed by atoms with Crippen LogP contribution in [0.3, 0.4) is 0 Å². The predicted molar refractivity (Wildman–Crippen MR) is 497 cm³/mol. The summed E-state index contributed by atoms with van der Waals surface area (Å²) >= 11 is 0. The number of rotatable bonds is 8. The summed E-state index contributed by atoms with van der Waals surface area (Å²) < 4.78 is 9.80. The van der Waals surface area contributed by atoms with Gasteiger partial charge in [0, 0.05) is 77.7 Å². The average Bonchev–Trinajstić information content (AvgIpc) is 1.57. The van der Waals surface area contributed by atoms with E-state index in [0.717, 1.165) is 11.4 Å². The summed E-state index contributed by atoms with van der Waals surface area (Å²) in [5, 5.41) is 20.1. The fraction of sp³-hybridized carbons (Fsp3) is 0.0175. The molecular formula is C114H72N4. The van der Waals surface area contributed by atoms with Crippen LogP contribution in [0, 0.1) is 0 Å². The molecule has 0 bridgehead atoms. The lowest BCUT2D eigenvalue weighted by Crippen LogP contribution is -1.99. The number of fused-ring (bicyclic) bond motifs is 22. The Hall–Kier alpha value is -15.4. The monoisotopic (exact) mass is 1500 g/mol. The van der Waals surface area contributed by atoms with Crippen molar-refractivity contribution in [2.24, 2.45) is 0 Å². The van der Waals surface area contributed by atoms with Gasteiger partial charge in [0.25, 0.3) is 0 Å². The van der Waals surface area contributed by atoms with Crippen molar-refractivity contribution in [2.75, 3.05) is 0 Å². The quantitative estimate of drug-likeness (QED) is 0.144. The first-order chi connectivity index (χ1) is 58.5. The van der Waals surface area contributed by atoms with Crippen molar-refractivity contribution in [3.05, 3.63) is 458 Å². The lowest BCUT2D eigenvalue weighted by atomic mass is 9.87. The van der Waals surface area contributed by atoms with Crippen molar-refractivity contribution in [1.82, 2.24) is 18.3 Å². The highest BCUT2D eigenvalue weighted by Gasteiger charge is 2.34. The van der Waals surface area contributed by atoms with E-state index in [1.54, 1.807) is 0 Å². The Balaban J connectivity index is 0.000000131. The van der Waals surface area contributed by atoms with Crippen LogP contribution in [0.5, 0.6) is 0 Å². The number of aromatic nitrogens is 4. The maximum Gasteiger partial charge on any atom is 0.0562 e. The third-order valence-electron chi connectivity index (χ3n) is 25.9. The van der Waals surface area contributed by atoms with Gasteiger partial charge in [-0.1, -0.05) is 297 Å². The maximum atomic E-state index is 2.51. The van der Waals surface area contributed by atoms with E-state index in [2.05, 4.69) is 443 Å². The molecule has 4 heteroatoms. The molecule has 0 fully saturated rings. The predicted octanol–water partition coefficient (Wildman–Crippen LogP) is 30.0. The number of hydrogen-bond acceptors (Lipinski definition) is 0. The number of para-hydroxylation sites is 3. The molecule has 0 amide bonds. The van der Waals surface area contributed by atoms with Crippen LogP contribution in [0.15, 0.2) is 425 Å². The Labute approximate surface area is 681 Å². The molecule has 118 heavy (non-hydrogen) atoms. The minimum atomic E-state index is 0.177. The molecule has 2 aliphatic rings. The third-order valence-corrected chi connectivity index (χ3v) is 25.9. The van der Waals surface area contributed by atoms with Crippen LogP contribution in [0.4, 0.5) is 0 Å². The van der Waals surface area contributed by atoms with Crippen LogP contribution in [0.1, 0.15) is 45.2 Å². The van der Waals surface area contributed by atoms with Gasteiger partial charge in [0.2, 0.25) is 0 Å². The second kappa shape index (κ2) is 26.1. The minimum absolute atomic E-state index is 0.177. The molecule has 20 aromatic carbocycles. The minimum Gasteiger partial charge on any atom is -0.309 e. The zero-order valence-corrected chi connectivity index (χ0v) is 64.4. The number of nitrogens with zero attached hydrogens (tertiary/aromatic N) is 4. The third kappa shape index (κ3) is 10.2. The van der Waals surface area contributed by atoms with Gasteiger partial charge in [-0.05, 0) is 248 Å². The molecule has 0 saturated heterocycles. The van der Waals surface area contributed by atoms with E-state index in [-0.39, 0.29) is 11.8 Å². The van der Waals surface area contributed by atoms with E-state index < -0.39 is 0 Å². The topological polar surface area (TPSA) is 19.7 Å². The molecule has 0 N–H and O–H groups in total. The second-order valence-electron chi connectivity index (χ2n) is 32.2. The van der Waals surface area contributed by atoms with Crippen LogP contribution in [0.2, 0.25) is 0 Å². The van der Waals surface area contributed by atoms with Crippen molar-refractivity contribution in [2.45, 2.75) is 11.8 Å². The molecule has 4 nitrogen and oxygen atoms in total. The highest BCUT2D eigenvalue weighted by Crippen LogP contribution is 2.53. The van der Waals surface area contributed by atoms with Gasteiger partial charge in [-0.15, -0.1) is 0 Å². The normalized spacial score (nSPS) is 13.6. The molecule has 0 aliphatic heterocycles. The van der Waals surface area contributed by atoms with E-state index in [9.17, 15) is 0 Å². The van der Waals surface area contributed by atoms with E-state index in [1.807, 2.05) is 0 Å². The molecule has 4 heterocycles. The van der Waals surface area contributed by atoms with Gasteiger partial charge < -0.3 is 18.3 Å². The first-order valence-electron chi connectivity index (χ1n) is 41.1.